The Kier molecular flexibility index (Phi) is 6.01. The van der Waals surface area contributed by atoms with E-state index in [1.807, 2.05) is 30.3 Å². The Labute approximate surface area is 160 Å². The van der Waals surface area contributed by atoms with Gasteiger partial charge in [-0.1, -0.05) is 18.2 Å². The normalized spacial score (nSPS) is 19.6. The van der Waals surface area contributed by atoms with Crippen LogP contribution in [0.15, 0.2) is 42.7 Å². The van der Waals surface area contributed by atoms with Gasteiger partial charge in [0.15, 0.2) is 6.61 Å². The molecule has 0 radical (unpaired) electrons. The monoisotopic (exact) mass is 395 g/mol. The van der Waals surface area contributed by atoms with Crippen LogP contribution in [-0.2, 0) is 4.79 Å². The second-order valence-corrected chi connectivity index (χ2v) is 6.64. The van der Waals surface area contributed by atoms with Crippen molar-refractivity contribution in [2.75, 3.05) is 13.2 Å². The van der Waals surface area contributed by atoms with Crippen LogP contribution in [0.25, 0.3) is 0 Å². The van der Waals surface area contributed by atoms with Gasteiger partial charge in [-0.15, -0.1) is 0 Å². The van der Waals surface area contributed by atoms with Gasteiger partial charge in [-0.2, -0.15) is 13.2 Å². The molecule has 2 aromatic rings. The van der Waals surface area contributed by atoms with Crippen LogP contribution in [0.5, 0.6) is 11.6 Å². The van der Waals surface area contributed by atoms with Crippen LogP contribution in [0.2, 0.25) is 0 Å². The first-order valence-corrected chi connectivity index (χ1v) is 8.81. The number of amides is 1. The number of carbonyl (C=O) groups excluding carboxylic acids is 1. The molecule has 1 heterocycles. The van der Waals surface area contributed by atoms with Gasteiger partial charge in [0.1, 0.15) is 5.75 Å². The molecular formula is C19H20F3N3O3. The molecule has 0 saturated heterocycles. The number of halogens is 3. The third-order valence-corrected chi connectivity index (χ3v) is 4.30. The van der Waals surface area contributed by atoms with Crippen molar-refractivity contribution in [1.82, 2.24) is 15.3 Å². The number of rotatable bonds is 8. The van der Waals surface area contributed by atoms with Crippen LogP contribution in [0.1, 0.15) is 25.1 Å². The highest BCUT2D eigenvalue weighted by Crippen LogP contribution is 2.39. The molecule has 1 N–H and O–H groups in total. The van der Waals surface area contributed by atoms with Gasteiger partial charge >= 0.3 is 6.18 Å². The number of ether oxygens (including phenoxy) is 2. The van der Waals surface area contributed by atoms with Gasteiger partial charge < -0.3 is 14.8 Å². The second-order valence-electron chi connectivity index (χ2n) is 6.64. The Morgan fingerprint density at radius 1 is 1.21 bits per heavy atom. The molecule has 1 aromatic heterocycles. The predicted molar refractivity (Wildman–Crippen MR) is 93.7 cm³/mol. The van der Waals surface area contributed by atoms with Crippen LogP contribution < -0.4 is 14.8 Å². The summed E-state index contributed by atoms with van der Waals surface area (Å²) in [5, 5.41) is 2.84. The molecule has 1 aliphatic carbocycles. The van der Waals surface area contributed by atoms with Gasteiger partial charge in [0.25, 0.3) is 0 Å². The number of para-hydroxylation sites is 1. The number of hydrogen-bond acceptors (Lipinski definition) is 5. The first-order chi connectivity index (χ1) is 13.3. The average Bonchev–Trinajstić information content (AvgIpc) is 3.45. The quantitative estimate of drug-likeness (QED) is 0.742. The van der Waals surface area contributed by atoms with Crippen LogP contribution in [0, 0.1) is 11.8 Å². The first-order valence-electron chi connectivity index (χ1n) is 8.81. The maximum atomic E-state index is 12.3. The van der Waals surface area contributed by atoms with E-state index in [1.165, 1.54) is 6.20 Å². The summed E-state index contributed by atoms with van der Waals surface area (Å²) in [4.78, 5) is 20.1. The number of benzene rings is 1. The summed E-state index contributed by atoms with van der Waals surface area (Å²) >= 11 is 0. The zero-order chi connectivity index (χ0) is 20.1. The number of aromatic nitrogens is 2. The molecule has 0 spiro atoms. The largest absolute Gasteiger partial charge is 0.493 e. The van der Waals surface area contributed by atoms with Gasteiger partial charge in [-0.05, 0) is 25.5 Å². The molecule has 3 rings (SSSR count). The SMILES string of the molecule is C[C@@H](NC(=O)[C@H]1C[C@@H]1COc1ccccc1)c1cnc(OCC(F)(F)F)cn1. The molecule has 1 saturated carbocycles. The summed E-state index contributed by atoms with van der Waals surface area (Å²) in [6.07, 6.45) is -1.29. The fourth-order valence-electron chi connectivity index (χ4n) is 2.65. The van der Waals surface area contributed by atoms with E-state index in [4.69, 9.17) is 4.74 Å². The van der Waals surface area contributed by atoms with Crippen LogP contribution in [-0.4, -0.2) is 35.3 Å². The molecule has 1 amide bonds. The third kappa shape index (κ3) is 5.83. The molecule has 3 atom stereocenters. The molecular weight excluding hydrogens is 375 g/mol. The van der Waals surface area contributed by atoms with E-state index >= 15 is 0 Å². The molecule has 1 aliphatic rings. The Bertz CT molecular complexity index is 785. The Morgan fingerprint density at radius 3 is 2.61 bits per heavy atom. The van der Waals surface area contributed by atoms with Crippen LogP contribution >= 0.6 is 0 Å². The maximum absolute atomic E-state index is 12.3. The lowest BCUT2D eigenvalue weighted by molar-refractivity contribution is -0.154. The molecule has 9 heteroatoms. The highest BCUT2D eigenvalue weighted by molar-refractivity contribution is 5.81. The minimum absolute atomic E-state index is 0.103. The number of carbonyl (C=O) groups is 1. The fourth-order valence-corrected chi connectivity index (χ4v) is 2.65. The van der Waals surface area contributed by atoms with E-state index in [1.54, 1.807) is 6.92 Å². The third-order valence-electron chi connectivity index (χ3n) is 4.30. The van der Waals surface area contributed by atoms with Crippen molar-refractivity contribution in [1.29, 1.82) is 0 Å². The van der Waals surface area contributed by atoms with Gasteiger partial charge in [0.05, 0.1) is 30.7 Å². The van der Waals surface area contributed by atoms with E-state index in [9.17, 15) is 18.0 Å². The van der Waals surface area contributed by atoms with Crippen LogP contribution in [0.4, 0.5) is 13.2 Å². The zero-order valence-electron chi connectivity index (χ0n) is 15.1. The summed E-state index contributed by atoms with van der Waals surface area (Å²) in [5.41, 5.74) is 0.436. The van der Waals surface area contributed by atoms with E-state index in [0.717, 1.165) is 18.4 Å². The van der Waals surface area contributed by atoms with Crippen molar-refractivity contribution in [2.24, 2.45) is 11.8 Å². The standard InChI is InChI=1S/C19H20F3N3O3/c1-12(16-8-24-17(9-23-16)28-11-19(20,21)22)25-18(26)15-7-13(15)10-27-14-5-3-2-4-6-14/h2-6,8-9,12-13,15H,7,10-11H2,1H3,(H,25,26)/t12-,13-,15+/m1/s1. The Balaban J connectivity index is 1.43. The van der Waals surface area contributed by atoms with Crippen molar-refractivity contribution in [3.63, 3.8) is 0 Å². The smallest absolute Gasteiger partial charge is 0.422 e. The zero-order valence-corrected chi connectivity index (χ0v) is 15.1. The summed E-state index contributed by atoms with van der Waals surface area (Å²) in [6, 6.07) is 8.97. The van der Waals surface area contributed by atoms with Crippen molar-refractivity contribution in [2.45, 2.75) is 25.6 Å². The number of nitrogens with one attached hydrogen (secondary N) is 1. The minimum Gasteiger partial charge on any atom is -0.493 e. The molecule has 0 bridgehead atoms. The van der Waals surface area contributed by atoms with E-state index < -0.39 is 18.8 Å². The minimum atomic E-state index is -4.44. The summed E-state index contributed by atoms with van der Waals surface area (Å²) in [6.45, 7) is 0.777. The summed E-state index contributed by atoms with van der Waals surface area (Å²) in [5.74, 6) is 0.489. The molecule has 0 unspecified atom stereocenters. The van der Waals surface area contributed by atoms with E-state index in [0.29, 0.717) is 12.3 Å². The van der Waals surface area contributed by atoms with Gasteiger partial charge in [-0.3, -0.25) is 9.78 Å². The van der Waals surface area contributed by atoms with E-state index in [2.05, 4.69) is 20.0 Å². The second kappa shape index (κ2) is 8.45. The lowest BCUT2D eigenvalue weighted by Crippen LogP contribution is -2.29. The molecule has 1 fully saturated rings. The van der Waals surface area contributed by atoms with Gasteiger partial charge in [0.2, 0.25) is 11.8 Å². The molecule has 6 nitrogen and oxygen atoms in total. The van der Waals surface area contributed by atoms with Crippen molar-refractivity contribution in [3.05, 3.63) is 48.4 Å². The first kappa shape index (κ1) is 19.9. The van der Waals surface area contributed by atoms with Crippen molar-refractivity contribution < 1.29 is 27.4 Å². The maximum Gasteiger partial charge on any atom is 0.422 e. The lowest BCUT2D eigenvalue weighted by Gasteiger charge is -2.14. The molecule has 0 aliphatic heterocycles. The number of hydrogen-bond donors (Lipinski definition) is 1. The fraction of sp³-hybridized carbons (Fsp3) is 0.421. The van der Waals surface area contributed by atoms with Gasteiger partial charge in [0, 0.05) is 11.8 Å². The molecule has 28 heavy (non-hydrogen) atoms. The highest BCUT2D eigenvalue weighted by atomic mass is 19.4. The number of nitrogens with zero attached hydrogens (tertiary/aromatic N) is 2. The molecule has 1 aromatic carbocycles. The van der Waals surface area contributed by atoms with E-state index in [-0.39, 0.29) is 23.6 Å². The number of alkyl halides is 3. The van der Waals surface area contributed by atoms with Crippen molar-refractivity contribution >= 4 is 5.91 Å². The Hall–Kier alpha value is -2.84. The topological polar surface area (TPSA) is 73.3 Å². The van der Waals surface area contributed by atoms with Crippen molar-refractivity contribution in [3.8, 4) is 11.6 Å². The molecule has 150 valence electrons. The highest BCUT2D eigenvalue weighted by Gasteiger charge is 2.43. The van der Waals surface area contributed by atoms with Gasteiger partial charge in [-0.25, -0.2) is 4.98 Å². The van der Waals surface area contributed by atoms with Crippen LogP contribution in [0.3, 0.4) is 0 Å². The lowest BCUT2D eigenvalue weighted by atomic mass is 10.2. The Morgan fingerprint density at radius 2 is 1.96 bits per heavy atom. The average molecular weight is 395 g/mol. The predicted octanol–water partition coefficient (Wildman–Crippen LogP) is 3.31. The summed E-state index contributed by atoms with van der Waals surface area (Å²) < 4.78 is 46.6. The summed E-state index contributed by atoms with van der Waals surface area (Å²) in [7, 11) is 0.